The third kappa shape index (κ3) is 3.94. The Morgan fingerprint density at radius 2 is 1.69 bits per heavy atom. The lowest BCUT2D eigenvalue weighted by Crippen LogP contribution is -2.32. The van der Waals surface area contributed by atoms with Crippen LogP contribution in [0.25, 0.3) is 43.6 Å². The first kappa shape index (κ1) is 24.6. The molecule has 0 radical (unpaired) electrons. The fourth-order valence-corrected chi connectivity index (χ4v) is 7.49. The zero-order chi connectivity index (χ0) is 27.1. The summed E-state index contributed by atoms with van der Waals surface area (Å²) in [5, 5.41) is 7.97. The van der Waals surface area contributed by atoms with Crippen LogP contribution < -0.4 is 9.30 Å². The van der Waals surface area contributed by atoms with E-state index < -0.39 is 0 Å². The highest BCUT2D eigenvalue weighted by molar-refractivity contribution is 6.17. The van der Waals surface area contributed by atoms with Crippen molar-refractivity contribution in [1.29, 1.82) is 0 Å². The molecule has 2 nitrogen and oxygen atoms in total. The predicted molar refractivity (Wildman–Crippen MR) is 164 cm³/mol. The number of fused-ring (bicyclic) bond motifs is 5. The van der Waals surface area contributed by atoms with E-state index in [1.807, 2.05) is 0 Å². The average molecular weight is 515 g/mol. The van der Waals surface area contributed by atoms with E-state index in [1.165, 1.54) is 97.9 Å². The van der Waals surface area contributed by atoms with Crippen LogP contribution in [0.3, 0.4) is 0 Å². The molecule has 0 amide bonds. The summed E-state index contributed by atoms with van der Waals surface area (Å²) >= 11 is 0. The quantitative estimate of drug-likeness (QED) is 0.169. The fourth-order valence-electron chi connectivity index (χ4n) is 7.49. The summed E-state index contributed by atoms with van der Waals surface area (Å²) in [5.74, 6) is 2.86. The minimum absolute atomic E-state index is 0.136. The van der Waals surface area contributed by atoms with Gasteiger partial charge in [0.15, 0.2) is 6.20 Å². The zero-order valence-electron chi connectivity index (χ0n) is 24.4. The first-order valence-corrected chi connectivity index (χ1v) is 14.8. The molecule has 1 aromatic heterocycles. The maximum absolute atomic E-state index is 7.07. The Labute approximate surface area is 232 Å². The van der Waals surface area contributed by atoms with Crippen LogP contribution >= 0.6 is 0 Å². The van der Waals surface area contributed by atoms with Gasteiger partial charge in [0, 0.05) is 17.0 Å². The molecule has 2 aliphatic rings. The van der Waals surface area contributed by atoms with Gasteiger partial charge < -0.3 is 4.74 Å². The lowest BCUT2D eigenvalue weighted by atomic mass is 9.81. The van der Waals surface area contributed by atoms with Gasteiger partial charge in [-0.1, -0.05) is 88.4 Å². The minimum Gasteiger partial charge on any atom is -0.455 e. The van der Waals surface area contributed by atoms with Gasteiger partial charge in [-0.05, 0) is 76.8 Å². The van der Waals surface area contributed by atoms with E-state index in [0.717, 1.165) is 23.8 Å². The van der Waals surface area contributed by atoms with Crippen molar-refractivity contribution in [3.8, 4) is 22.8 Å². The third-order valence-electron chi connectivity index (χ3n) is 9.23. The molecule has 7 rings (SSSR count). The highest BCUT2D eigenvalue weighted by Crippen LogP contribution is 2.53. The highest BCUT2D eigenvalue weighted by Gasteiger charge is 2.34. The van der Waals surface area contributed by atoms with Gasteiger partial charge in [0.05, 0.1) is 10.9 Å². The molecule has 0 atom stereocenters. The zero-order valence-corrected chi connectivity index (χ0v) is 24.4. The van der Waals surface area contributed by atoms with Gasteiger partial charge in [0.1, 0.15) is 18.5 Å². The number of benzene rings is 4. The topological polar surface area (TPSA) is 13.1 Å². The summed E-state index contributed by atoms with van der Waals surface area (Å²) in [6.45, 7) is 11.5. The second-order valence-electron chi connectivity index (χ2n) is 13.5. The first-order chi connectivity index (χ1) is 18.7. The lowest BCUT2D eigenvalue weighted by molar-refractivity contribution is -0.659. The van der Waals surface area contributed by atoms with Gasteiger partial charge in [0.25, 0.3) is 0 Å². The second kappa shape index (κ2) is 8.81. The molecule has 1 aliphatic carbocycles. The number of hydrogen-bond donors (Lipinski definition) is 0. The molecule has 0 saturated heterocycles. The van der Waals surface area contributed by atoms with Crippen LogP contribution in [0.2, 0.25) is 0 Å². The van der Waals surface area contributed by atoms with Crippen molar-refractivity contribution in [2.45, 2.75) is 73.1 Å². The number of hydrogen-bond acceptors (Lipinski definition) is 1. The maximum atomic E-state index is 7.07. The Morgan fingerprint density at radius 1 is 0.897 bits per heavy atom. The van der Waals surface area contributed by atoms with Crippen LogP contribution in [0.5, 0.6) is 11.5 Å². The number of rotatable bonds is 3. The molecule has 2 heterocycles. The van der Waals surface area contributed by atoms with Gasteiger partial charge in [0.2, 0.25) is 5.69 Å². The number of pyridine rings is 1. The minimum atomic E-state index is 0.136. The predicted octanol–water partition coefficient (Wildman–Crippen LogP) is 9.68. The average Bonchev–Trinajstić information content (AvgIpc) is 3.40. The molecule has 198 valence electrons. The smallest absolute Gasteiger partial charge is 0.228 e. The van der Waals surface area contributed by atoms with Gasteiger partial charge >= 0.3 is 0 Å². The normalized spacial score (nSPS) is 15.3. The van der Waals surface area contributed by atoms with E-state index in [-0.39, 0.29) is 5.41 Å². The lowest BCUT2D eigenvalue weighted by Gasteiger charge is -2.28. The number of ether oxygens (including phenoxy) is 1. The molecule has 2 heteroatoms. The van der Waals surface area contributed by atoms with Crippen LogP contribution in [-0.2, 0) is 19.9 Å². The number of aryl methyl sites for hydroxylation is 3. The summed E-state index contributed by atoms with van der Waals surface area (Å²) in [6.07, 6.45) is 9.91. The van der Waals surface area contributed by atoms with E-state index >= 15 is 0 Å². The van der Waals surface area contributed by atoms with Crippen LogP contribution in [0.1, 0.15) is 68.7 Å². The molecule has 1 aliphatic heterocycles. The van der Waals surface area contributed by atoms with E-state index in [0.29, 0.717) is 0 Å². The van der Waals surface area contributed by atoms with Crippen molar-refractivity contribution in [1.82, 2.24) is 0 Å². The van der Waals surface area contributed by atoms with Crippen LogP contribution in [0.4, 0.5) is 0 Å². The summed E-state index contributed by atoms with van der Waals surface area (Å²) < 4.78 is 9.40. The molecule has 1 fully saturated rings. The number of nitrogens with zero attached hydrogens (tertiary/aromatic N) is 1. The van der Waals surface area contributed by atoms with Gasteiger partial charge in [-0.25, -0.2) is 4.57 Å². The Hall–Kier alpha value is -3.39. The standard InChI is InChI=1S/C37H40NO/c1-22-14-15-27-29(18-22)23(2)32-35-34-28(16-17-38(35)6)33-25(19-24-10-7-8-11-24)12-9-13-26(33)20-31(34)39-36(32)30(27)21-37(3,4)5/h9,12-18,20,24H,7-8,10-11,19,21H2,1-6H3/q+1. The van der Waals surface area contributed by atoms with E-state index in [9.17, 15) is 0 Å². The SMILES string of the molecule is Cc1ccc2c(CC(C)(C)C)c3c(c(C)c2c1)-c1c2c(cc4cccc(CC5CCCC5)c4c2cc[n+]1C)O3. The summed E-state index contributed by atoms with van der Waals surface area (Å²) in [4.78, 5) is 0. The molecule has 0 unspecified atom stereocenters. The Morgan fingerprint density at radius 3 is 2.46 bits per heavy atom. The molecule has 5 aromatic rings. The molecule has 39 heavy (non-hydrogen) atoms. The van der Waals surface area contributed by atoms with Gasteiger partial charge in [-0.3, -0.25) is 0 Å². The molecule has 4 aromatic carbocycles. The largest absolute Gasteiger partial charge is 0.455 e. The van der Waals surface area contributed by atoms with Crippen LogP contribution in [0.15, 0.2) is 54.7 Å². The Bertz CT molecular complexity index is 1800. The second-order valence-corrected chi connectivity index (χ2v) is 13.5. The van der Waals surface area contributed by atoms with Gasteiger partial charge in [-0.15, -0.1) is 0 Å². The monoisotopic (exact) mass is 514 g/mol. The Kier molecular flexibility index (Phi) is 5.57. The molecule has 0 bridgehead atoms. The fraction of sp³-hybridized carbons (Fsp3) is 0.378. The van der Waals surface area contributed by atoms with Crippen molar-refractivity contribution < 1.29 is 9.30 Å². The molecule has 0 spiro atoms. The summed E-state index contributed by atoms with van der Waals surface area (Å²) in [5.41, 5.74) is 8.13. The van der Waals surface area contributed by atoms with Crippen molar-refractivity contribution >= 4 is 32.3 Å². The third-order valence-corrected chi connectivity index (χ3v) is 9.23. The van der Waals surface area contributed by atoms with E-state index in [4.69, 9.17) is 4.74 Å². The van der Waals surface area contributed by atoms with Crippen molar-refractivity contribution in [3.05, 3.63) is 77.0 Å². The van der Waals surface area contributed by atoms with Crippen LogP contribution in [-0.4, -0.2) is 0 Å². The van der Waals surface area contributed by atoms with Crippen LogP contribution in [0, 0.1) is 25.2 Å². The summed E-state index contributed by atoms with van der Waals surface area (Å²) in [6, 6.07) is 18.5. The summed E-state index contributed by atoms with van der Waals surface area (Å²) in [7, 11) is 2.20. The molecule has 0 N–H and O–H groups in total. The van der Waals surface area contributed by atoms with Gasteiger partial charge in [-0.2, -0.15) is 0 Å². The molecular formula is C37H40NO+. The van der Waals surface area contributed by atoms with E-state index in [1.54, 1.807) is 0 Å². The molecule has 1 saturated carbocycles. The van der Waals surface area contributed by atoms with Crippen molar-refractivity contribution in [2.75, 3.05) is 0 Å². The van der Waals surface area contributed by atoms with Crippen molar-refractivity contribution in [3.63, 3.8) is 0 Å². The first-order valence-electron chi connectivity index (χ1n) is 14.8. The number of aromatic nitrogens is 1. The van der Waals surface area contributed by atoms with E-state index in [2.05, 4.69) is 101 Å². The highest BCUT2D eigenvalue weighted by atomic mass is 16.5. The molecular weight excluding hydrogens is 474 g/mol. The van der Waals surface area contributed by atoms with Crippen molar-refractivity contribution in [2.24, 2.45) is 18.4 Å². The Balaban J connectivity index is 1.58. The maximum Gasteiger partial charge on any atom is 0.228 e.